The molecular weight excluding hydrogens is 240 g/mol. The van der Waals surface area contributed by atoms with E-state index in [1.165, 1.54) is 0 Å². The van der Waals surface area contributed by atoms with Gasteiger partial charge in [0.25, 0.3) is 0 Å². The van der Waals surface area contributed by atoms with E-state index in [0.29, 0.717) is 5.92 Å². The molecule has 1 fully saturated rings. The summed E-state index contributed by atoms with van der Waals surface area (Å²) in [6.45, 7) is 10.4. The molecule has 3 unspecified atom stereocenters. The lowest BCUT2D eigenvalue weighted by atomic mass is 9.53. The molecule has 1 aliphatic rings. The number of hydrogen-bond donors (Lipinski definition) is 2. The fourth-order valence-corrected chi connectivity index (χ4v) is 3.65. The maximum atomic E-state index is 12.2. The number of rotatable bonds is 6. The van der Waals surface area contributed by atoms with E-state index < -0.39 is 6.04 Å². The lowest BCUT2D eigenvalue weighted by molar-refractivity contribution is -0.172. The standard InChI is InChI=1S/C15H30N2O2/c1-7-15(8-2)12(10(5)13(15)19-6)17-14(18)11(16)9(3)4/h9-13H,7-8,16H2,1-6H3,(H,17,18)/t10?,11-,12?,13?/m0/s1. The van der Waals surface area contributed by atoms with Gasteiger partial charge < -0.3 is 15.8 Å². The van der Waals surface area contributed by atoms with Gasteiger partial charge in [0.1, 0.15) is 0 Å². The normalized spacial score (nSPS) is 30.8. The number of carbonyl (C=O) groups is 1. The second-order valence-corrected chi connectivity index (χ2v) is 6.21. The smallest absolute Gasteiger partial charge is 0.237 e. The molecule has 0 aromatic heterocycles. The van der Waals surface area contributed by atoms with Crippen molar-refractivity contribution in [1.29, 1.82) is 0 Å². The molecule has 0 aromatic rings. The number of carbonyl (C=O) groups excluding carboxylic acids is 1. The number of nitrogens with two attached hydrogens (primary N) is 1. The van der Waals surface area contributed by atoms with E-state index >= 15 is 0 Å². The van der Waals surface area contributed by atoms with Crippen LogP contribution >= 0.6 is 0 Å². The highest BCUT2D eigenvalue weighted by molar-refractivity contribution is 5.82. The average Bonchev–Trinajstić information content (AvgIpc) is 2.40. The molecule has 1 rings (SSSR count). The van der Waals surface area contributed by atoms with Crippen LogP contribution in [0.15, 0.2) is 0 Å². The van der Waals surface area contributed by atoms with Gasteiger partial charge in [0, 0.05) is 24.5 Å². The van der Waals surface area contributed by atoms with E-state index in [0.717, 1.165) is 12.8 Å². The van der Waals surface area contributed by atoms with Gasteiger partial charge in [-0.05, 0) is 18.8 Å². The topological polar surface area (TPSA) is 64.4 Å². The maximum absolute atomic E-state index is 12.2. The first kappa shape index (κ1) is 16.4. The molecule has 0 saturated heterocycles. The third-order valence-corrected chi connectivity index (χ3v) is 5.08. The predicted octanol–water partition coefficient (Wildman–Crippen LogP) is 1.93. The molecule has 19 heavy (non-hydrogen) atoms. The Morgan fingerprint density at radius 2 is 1.89 bits per heavy atom. The van der Waals surface area contributed by atoms with Gasteiger partial charge >= 0.3 is 0 Å². The van der Waals surface area contributed by atoms with E-state index in [-0.39, 0.29) is 29.4 Å². The van der Waals surface area contributed by atoms with Crippen LogP contribution in [-0.2, 0) is 9.53 Å². The summed E-state index contributed by atoms with van der Waals surface area (Å²) in [5.41, 5.74) is 5.98. The monoisotopic (exact) mass is 270 g/mol. The van der Waals surface area contributed by atoms with E-state index in [4.69, 9.17) is 10.5 Å². The third kappa shape index (κ3) is 2.65. The summed E-state index contributed by atoms with van der Waals surface area (Å²) >= 11 is 0. The van der Waals surface area contributed by atoms with Gasteiger partial charge in [-0.1, -0.05) is 34.6 Å². The van der Waals surface area contributed by atoms with E-state index in [9.17, 15) is 4.79 Å². The average molecular weight is 270 g/mol. The summed E-state index contributed by atoms with van der Waals surface area (Å²) in [4.78, 5) is 12.2. The molecule has 1 amide bonds. The van der Waals surface area contributed by atoms with Crippen LogP contribution in [0.4, 0.5) is 0 Å². The summed E-state index contributed by atoms with van der Waals surface area (Å²) in [7, 11) is 1.76. The molecule has 4 nitrogen and oxygen atoms in total. The molecule has 0 spiro atoms. The third-order valence-electron chi connectivity index (χ3n) is 5.08. The number of amides is 1. The zero-order valence-corrected chi connectivity index (χ0v) is 13.2. The lowest BCUT2D eigenvalue weighted by Gasteiger charge is -2.59. The largest absolute Gasteiger partial charge is 0.380 e. The van der Waals surface area contributed by atoms with Crippen LogP contribution in [0.1, 0.15) is 47.5 Å². The first-order chi connectivity index (χ1) is 8.85. The maximum Gasteiger partial charge on any atom is 0.237 e. The van der Waals surface area contributed by atoms with Crippen LogP contribution in [0.5, 0.6) is 0 Å². The van der Waals surface area contributed by atoms with E-state index in [1.54, 1.807) is 7.11 Å². The van der Waals surface area contributed by atoms with Crippen LogP contribution in [-0.4, -0.2) is 31.2 Å². The second-order valence-electron chi connectivity index (χ2n) is 6.21. The zero-order valence-electron chi connectivity index (χ0n) is 13.2. The van der Waals surface area contributed by atoms with E-state index in [2.05, 4.69) is 26.1 Å². The van der Waals surface area contributed by atoms with Crippen molar-refractivity contribution in [2.24, 2.45) is 23.0 Å². The first-order valence-corrected chi connectivity index (χ1v) is 7.44. The fraction of sp³-hybridized carbons (Fsp3) is 0.933. The van der Waals surface area contributed by atoms with Crippen molar-refractivity contribution in [1.82, 2.24) is 5.32 Å². The Bertz CT molecular complexity index is 313. The van der Waals surface area contributed by atoms with Crippen LogP contribution in [0.2, 0.25) is 0 Å². The highest BCUT2D eigenvalue weighted by Gasteiger charge is 2.59. The van der Waals surface area contributed by atoms with E-state index in [1.807, 2.05) is 13.8 Å². The predicted molar refractivity (Wildman–Crippen MR) is 77.7 cm³/mol. The molecule has 0 heterocycles. The molecule has 1 aliphatic carbocycles. The number of hydrogen-bond acceptors (Lipinski definition) is 3. The summed E-state index contributed by atoms with van der Waals surface area (Å²) in [6, 6.07) is -0.259. The Balaban J connectivity index is 2.80. The van der Waals surface area contributed by atoms with Crippen LogP contribution in [0, 0.1) is 17.3 Å². The highest BCUT2D eigenvalue weighted by Crippen LogP contribution is 2.52. The number of methoxy groups -OCH3 is 1. The van der Waals surface area contributed by atoms with Crippen molar-refractivity contribution in [2.45, 2.75) is 65.6 Å². The minimum absolute atomic E-state index is 0.0346. The molecule has 0 radical (unpaired) electrons. The van der Waals surface area contributed by atoms with Crippen LogP contribution in [0.3, 0.4) is 0 Å². The quantitative estimate of drug-likeness (QED) is 0.775. The molecule has 3 N–H and O–H groups in total. The van der Waals surface area contributed by atoms with Crippen LogP contribution < -0.4 is 11.1 Å². The Morgan fingerprint density at radius 3 is 2.26 bits per heavy atom. The zero-order chi connectivity index (χ0) is 14.8. The van der Waals surface area contributed by atoms with Gasteiger partial charge in [-0.3, -0.25) is 4.79 Å². The minimum Gasteiger partial charge on any atom is -0.380 e. The lowest BCUT2D eigenvalue weighted by Crippen LogP contribution is -2.71. The Labute approximate surface area is 117 Å². The Kier molecular flexibility index (Phi) is 5.39. The van der Waals surface area contributed by atoms with Gasteiger partial charge in [-0.25, -0.2) is 0 Å². The molecule has 0 aliphatic heterocycles. The van der Waals surface area contributed by atoms with Gasteiger partial charge in [-0.15, -0.1) is 0 Å². The van der Waals surface area contributed by atoms with Gasteiger partial charge in [-0.2, -0.15) is 0 Å². The van der Waals surface area contributed by atoms with Crippen molar-refractivity contribution >= 4 is 5.91 Å². The molecule has 4 heteroatoms. The molecular formula is C15H30N2O2. The Hall–Kier alpha value is -0.610. The van der Waals surface area contributed by atoms with Crippen molar-refractivity contribution in [3.05, 3.63) is 0 Å². The summed E-state index contributed by atoms with van der Waals surface area (Å²) in [5, 5.41) is 3.16. The van der Waals surface area contributed by atoms with Crippen molar-refractivity contribution in [3.63, 3.8) is 0 Å². The number of nitrogens with one attached hydrogen (secondary N) is 1. The first-order valence-electron chi connectivity index (χ1n) is 7.44. The van der Waals surface area contributed by atoms with Gasteiger partial charge in [0.15, 0.2) is 0 Å². The van der Waals surface area contributed by atoms with Crippen molar-refractivity contribution in [3.8, 4) is 0 Å². The molecule has 0 aromatic carbocycles. The second kappa shape index (κ2) is 6.23. The Morgan fingerprint density at radius 1 is 1.37 bits per heavy atom. The van der Waals surface area contributed by atoms with Crippen LogP contribution in [0.25, 0.3) is 0 Å². The summed E-state index contributed by atoms with van der Waals surface area (Å²) < 4.78 is 5.63. The van der Waals surface area contributed by atoms with Crippen molar-refractivity contribution < 1.29 is 9.53 Å². The fourth-order valence-electron chi connectivity index (χ4n) is 3.65. The highest BCUT2D eigenvalue weighted by atomic mass is 16.5. The number of ether oxygens (including phenoxy) is 1. The SMILES string of the molecule is CCC1(CC)C(NC(=O)[C@@H](N)C(C)C)C(C)C1OC. The van der Waals surface area contributed by atoms with Gasteiger partial charge in [0.05, 0.1) is 12.1 Å². The summed E-state index contributed by atoms with van der Waals surface area (Å²) in [6.07, 6.45) is 2.24. The molecule has 0 bridgehead atoms. The van der Waals surface area contributed by atoms with Crippen molar-refractivity contribution in [2.75, 3.05) is 7.11 Å². The minimum atomic E-state index is -0.430. The molecule has 4 atom stereocenters. The molecule has 112 valence electrons. The molecule has 1 saturated carbocycles. The van der Waals surface area contributed by atoms with Gasteiger partial charge in [0.2, 0.25) is 5.91 Å². The summed E-state index contributed by atoms with van der Waals surface area (Å²) in [5.74, 6) is 0.465.